The molecule has 144 valence electrons. The number of carbonyl (C=O) groups excluding carboxylic acids is 1. The van der Waals surface area contributed by atoms with Gasteiger partial charge in [-0.25, -0.2) is 13.2 Å². The minimum absolute atomic E-state index is 0.379. The first kappa shape index (κ1) is 19.2. The molecule has 2 aromatic rings. The molecule has 0 aromatic heterocycles. The van der Waals surface area contributed by atoms with Crippen LogP contribution in [0.5, 0.6) is 5.75 Å². The summed E-state index contributed by atoms with van der Waals surface area (Å²) in [6.45, 7) is -0.477. The number of ether oxygens (including phenoxy) is 1. The molecule has 7 nitrogen and oxygen atoms in total. The zero-order valence-electron chi connectivity index (χ0n) is 14.7. The number of aliphatic carboxylic acids is 1. The number of amides is 1. The van der Waals surface area contributed by atoms with Gasteiger partial charge in [-0.15, -0.1) is 0 Å². The van der Waals surface area contributed by atoms with Crippen molar-refractivity contribution in [3.63, 3.8) is 0 Å². The van der Waals surface area contributed by atoms with Crippen LogP contribution < -0.4 is 10.1 Å². The number of sulfone groups is 1. The summed E-state index contributed by atoms with van der Waals surface area (Å²) in [5, 5.41) is 12.3. The fourth-order valence-electron chi connectivity index (χ4n) is 3.38. The Kier molecular flexibility index (Phi) is 5.65. The van der Waals surface area contributed by atoms with Crippen LogP contribution >= 0.6 is 0 Å². The fraction of sp³-hybridized carbons (Fsp3) is 0.368. The van der Waals surface area contributed by atoms with Crippen molar-refractivity contribution in [2.45, 2.75) is 30.9 Å². The first-order chi connectivity index (χ1) is 12.9. The van der Waals surface area contributed by atoms with E-state index in [-0.39, 0.29) is 0 Å². The number of hydrogen-bond donors (Lipinski definition) is 2. The quantitative estimate of drug-likeness (QED) is 0.751. The molecule has 1 aliphatic rings. The molecule has 1 fully saturated rings. The van der Waals surface area contributed by atoms with Crippen LogP contribution in [-0.4, -0.2) is 43.0 Å². The highest BCUT2D eigenvalue weighted by molar-refractivity contribution is 7.92. The Morgan fingerprint density at radius 3 is 2.41 bits per heavy atom. The van der Waals surface area contributed by atoms with Crippen LogP contribution in [0.4, 0.5) is 5.69 Å². The molecule has 0 spiro atoms. The molecule has 0 atom stereocenters. The van der Waals surface area contributed by atoms with Gasteiger partial charge < -0.3 is 15.2 Å². The lowest BCUT2D eigenvalue weighted by molar-refractivity contribution is -0.139. The SMILES string of the molecule is O=C(O)COc1ccc(NC(=O)CS(=O)(=O)C2CCCC2)c2ccccc12. The molecule has 0 saturated heterocycles. The summed E-state index contributed by atoms with van der Waals surface area (Å²) in [6.07, 6.45) is 3.00. The fourth-order valence-corrected chi connectivity index (χ4v) is 5.11. The number of rotatable bonds is 7. The van der Waals surface area contributed by atoms with E-state index in [0.29, 0.717) is 35.1 Å². The van der Waals surface area contributed by atoms with Crippen LogP contribution in [0.25, 0.3) is 10.8 Å². The molecule has 0 unspecified atom stereocenters. The number of hydrogen-bond acceptors (Lipinski definition) is 5. The summed E-state index contributed by atoms with van der Waals surface area (Å²) in [7, 11) is -3.46. The van der Waals surface area contributed by atoms with E-state index in [0.717, 1.165) is 12.8 Å². The minimum Gasteiger partial charge on any atom is -0.481 e. The van der Waals surface area contributed by atoms with Gasteiger partial charge in [0.05, 0.1) is 5.25 Å². The van der Waals surface area contributed by atoms with Crippen LogP contribution in [0.2, 0.25) is 0 Å². The molecule has 3 rings (SSSR count). The lowest BCUT2D eigenvalue weighted by Crippen LogP contribution is -2.29. The van der Waals surface area contributed by atoms with Crippen molar-refractivity contribution in [3.8, 4) is 5.75 Å². The smallest absolute Gasteiger partial charge is 0.341 e. The molecule has 0 heterocycles. The molecule has 1 saturated carbocycles. The normalized spacial score (nSPS) is 15.0. The third kappa shape index (κ3) is 4.57. The number of fused-ring (bicyclic) bond motifs is 1. The van der Waals surface area contributed by atoms with Gasteiger partial charge in [0, 0.05) is 16.5 Å². The van der Waals surface area contributed by atoms with Crippen LogP contribution in [0.1, 0.15) is 25.7 Å². The number of carboxylic acids is 1. The average molecular weight is 391 g/mol. The Labute approximate surface area is 157 Å². The van der Waals surface area contributed by atoms with Gasteiger partial charge in [-0.3, -0.25) is 4.79 Å². The van der Waals surface area contributed by atoms with Gasteiger partial charge in [0.15, 0.2) is 16.4 Å². The molecule has 8 heteroatoms. The predicted octanol–water partition coefficient (Wildman–Crippen LogP) is 2.60. The highest BCUT2D eigenvalue weighted by Crippen LogP contribution is 2.32. The largest absolute Gasteiger partial charge is 0.481 e. The molecule has 2 N–H and O–H groups in total. The molecular formula is C19H21NO6S. The highest BCUT2D eigenvalue weighted by Gasteiger charge is 2.30. The van der Waals surface area contributed by atoms with Gasteiger partial charge in [-0.05, 0) is 25.0 Å². The van der Waals surface area contributed by atoms with E-state index in [1.165, 1.54) is 0 Å². The predicted molar refractivity (Wildman–Crippen MR) is 102 cm³/mol. The molecule has 27 heavy (non-hydrogen) atoms. The second-order valence-electron chi connectivity index (χ2n) is 6.60. The number of anilines is 1. The lowest BCUT2D eigenvalue weighted by atomic mass is 10.1. The van der Waals surface area contributed by atoms with Crippen molar-refractivity contribution in [2.75, 3.05) is 17.7 Å². The minimum atomic E-state index is -3.46. The Bertz CT molecular complexity index is 963. The summed E-state index contributed by atoms with van der Waals surface area (Å²) in [4.78, 5) is 23.1. The molecule has 0 aliphatic heterocycles. The van der Waals surface area contributed by atoms with E-state index in [1.54, 1.807) is 36.4 Å². The maximum Gasteiger partial charge on any atom is 0.341 e. The Hall–Kier alpha value is -2.61. The molecule has 1 aliphatic carbocycles. The summed E-state index contributed by atoms with van der Waals surface area (Å²) in [5.41, 5.74) is 0.458. The maximum absolute atomic E-state index is 12.4. The van der Waals surface area contributed by atoms with E-state index in [2.05, 4.69) is 5.32 Å². The highest BCUT2D eigenvalue weighted by atomic mass is 32.2. The number of nitrogens with one attached hydrogen (secondary N) is 1. The van der Waals surface area contributed by atoms with Crippen LogP contribution in [0.3, 0.4) is 0 Å². The summed E-state index contributed by atoms with van der Waals surface area (Å²) < 4.78 is 30.0. The van der Waals surface area contributed by atoms with Gasteiger partial charge in [0.1, 0.15) is 11.5 Å². The van der Waals surface area contributed by atoms with Crippen LogP contribution in [0.15, 0.2) is 36.4 Å². The first-order valence-corrected chi connectivity index (χ1v) is 10.5. The van der Waals surface area contributed by atoms with Crippen molar-refractivity contribution in [1.82, 2.24) is 0 Å². The average Bonchev–Trinajstić information content (AvgIpc) is 3.16. The van der Waals surface area contributed by atoms with Crippen LogP contribution in [-0.2, 0) is 19.4 Å². The van der Waals surface area contributed by atoms with E-state index in [9.17, 15) is 18.0 Å². The molecular weight excluding hydrogens is 370 g/mol. The lowest BCUT2D eigenvalue weighted by Gasteiger charge is -2.14. The zero-order valence-corrected chi connectivity index (χ0v) is 15.5. The van der Waals surface area contributed by atoms with E-state index in [1.807, 2.05) is 0 Å². The second kappa shape index (κ2) is 7.96. The Morgan fingerprint density at radius 1 is 1.07 bits per heavy atom. The molecule has 0 radical (unpaired) electrons. The number of carboxylic acid groups (broad SMARTS) is 1. The standard InChI is InChI=1S/C19H21NO6S/c21-18(12-27(24,25)13-5-1-2-6-13)20-16-9-10-17(26-11-19(22)23)15-8-4-3-7-14(15)16/h3-4,7-10,13H,1-2,5-6,11-12H2,(H,20,21)(H,22,23). The van der Waals surface area contributed by atoms with Crippen molar-refractivity contribution in [1.29, 1.82) is 0 Å². The topological polar surface area (TPSA) is 110 Å². The van der Waals surface area contributed by atoms with Crippen molar-refractivity contribution in [3.05, 3.63) is 36.4 Å². The Morgan fingerprint density at radius 2 is 1.74 bits per heavy atom. The third-order valence-electron chi connectivity index (χ3n) is 4.65. The second-order valence-corrected chi connectivity index (χ2v) is 8.88. The van der Waals surface area contributed by atoms with Gasteiger partial charge in [-0.2, -0.15) is 0 Å². The van der Waals surface area contributed by atoms with E-state index in [4.69, 9.17) is 9.84 Å². The first-order valence-electron chi connectivity index (χ1n) is 8.74. The van der Waals surface area contributed by atoms with Gasteiger partial charge in [0.2, 0.25) is 5.91 Å². The summed E-state index contributed by atoms with van der Waals surface area (Å²) in [5.74, 6) is -1.83. The molecule has 1 amide bonds. The summed E-state index contributed by atoms with van der Waals surface area (Å²) >= 11 is 0. The maximum atomic E-state index is 12.4. The van der Waals surface area contributed by atoms with Crippen LogP contribution in [0, 0.1) is 0 Å². The number of benzene rings is 2. The van der Waals surface area contributed by atoms with Gasteiger partial charge >= 0.3 is 5.97 Å². The number of carbonyl (C=O) groups is 2. The van der Waals surface area contributed by atoms with Crippen molar-refractivity contribution < 1.29 is 27.9 Å². The van der Waals surface area contributed by atoms with E-state index >= 15 is 0 Å². The van der Waals surface area contributed by atoms with Crippen molar-refractivity contribution in [2.24, 2.45) is 0 Å². The third-order valence-corrected chi connectivity index (χ3v) is 6.80. The van der Waals surface area contributed by atoms with Gasteiger partial charge in [-0.1, -0.05) is 37.1 Å². The molecule has 0 bridgehead atoms. The molecule has 2 aromatic carbocycles. The zero-order chi connectivity index (χ0) is 19.4. The Balaban J connectivity index is 1.79. The van der Waals surface area contributed by atoms with Gasteiger partial charge in [0.25, 0.3) is 0 Å². The summed E-state index contributed by atoms with van der Waals surface area (Å²) in [6, 6.07) is 10.2. The monoisotopic (exact) mass is 391 g/mol. The van der Waals surface area contributed by atoms with Crippen molar-refractivity contribution >= 4 is 38.2 Å². The van der Waals surface area contributed by atoms with E-state index < -0.39 is 39.3 Å².